The molecular weight excluding hydrogens is 469 g/mol. The number of nitrogens with zero attached hydrogens (tertiary/aromatic N) is 3. The summed E-state index contributed by atoms with van der Waals surface area (Å²) in [5, 5.41) is 24.9. The molecule has 0 aliphatic carbocycles. The molecule has 10 nitrogen and oxygen atoms in total. The van der Waals surface area contributed by atoms with Crippen LogP contribution in [0.25, 0.3) is 17.2 Å². The molecule has 0 saturated carbocycles. The van der Waals surface area contributed by atoms with Crippen molar-refractivity contribution in [1.29, 1.82) is 5.26 Å². The minimum absolute atomic E-state index is 0.0120. The first-order valence-corrected chi connectivity index (χ1v) is 10.9. The lowest BCUT2D eigenvalue weighted by atomic mass is 9.96. The lowest BCUT2D eigenvalue weighted by Crippen LogP contribution is -2.37. The largest absolute Gasteiger partial charge is 0.505 e. The number of carbonyl (C=O) groups is 2. The SMILES string of the molecule is CNC(=O)c1c(O)c2ncc(Cc3ccc(F)cc3)c3c2n(c1=O)C=C(C(=O)NCC(C)(C)C#N)O3. The molecule has 0 fully saturated rings. The first kappa shape index (κ1) is 24.4. The van der Waals surface area contributed by atoms with Crippen molar-refractivity contribution in [2.24, 2.45) is 5.41 Å². The van der Waals surface area contributed by atoms with Gasteiger partial charge in [0.05, 0.1) is 17.7 Å². The van der Waals surface area contributed by atoms with Crippen molar-refractivity contribution in [3.63, 3.8) is 0 Å². The van der Waals surface area contributed by atoms with E-state index in [9.17, 15) is 29.1 Å². The van der Waals surface area contributed by atoms with Gasteiger partial charge in [0, 0.05) is 31.8 Å². The third-order valence-electron chi connectivity index (χ3n) is 5.65. The van der Waals surface area contributed by atoms with Crippen LogP contribution in [0, 0.1) is 22.6 Å². The van der Waals surface area contributed by atoms with Crippen molar-refractivity contribution < 1.29 is 23.8 Å². The fraction of sp³-hybridized carbons (Fsp3) is 0.240. The third-order valence-corrected chi connectivity index (χ3v) is 5.65. The fourth-order valence-electron chi connectivity index (χ4n) is 3.66. The highest BCUT2D eigenvalue weighted by atomic mass is 19.1. The Morgan fingerprint density at radius 3 is 2.58 bits per heavy atom. The van der Waals surface area contributed by atoms with Crippen molar-refractivity contribution in [3.8, 4) is 17.6 Å². The van der Waals surface area contributed by atoms with Gasteiger partial charge in [-0.3, -0.25) is 23.9 Å². The van der Waals surface area contributed by atoms with Crippen LogP contribution in [0.2, 0.25) is 0 Å². The lowest BCUT2D eigenvalue weighted by Gasteiger charge is -2.23. The van der Waals surface area contributed by atoms with Gasteiger partial charge in [0.1, 0.15) is 22.4 Å². The van der Waals surface area contributed by atoms with E-state index < -0.39 is 39.9 Å². The Kier molecular flexibility index (Phi) is 6.20. The van der Waals surface area contributed by atoms with Crippen LogP contribution in [-0.4, -0.2) is 40.1 Å². The maximum atomic E-state index is 13.4. The molecular formula is C25H22FN5O5. The summed E-state index contributed by atoms with van der Waals surface area (Å²) >= 11 is 0. The number of halogens is 1. The zero-order chi connectivity index (χ0) is 26.2. The molecule has 36 heavy (non-hydrogen) atoms. The number of aromatic nitrogens is 2. The van der Waals surface area contributed by atoms with Crippen LogP contribution in [0.5, 0.6) is 11.5 Å². The predicted octanol–water partition coefficient (Wildman–Crippen LogP) is 2.05. The molecule has 1 aliphatic heterocycles. The molecule has 2 aromatic heterocycles. The Morgan fingerprint density at radius 1 is 1.25 bits per heavy atom. The number of nitrogens with one attached hydrogen (secondary N) is 2. The van der Waals surface area contributed by atoms with Crippen LogP contribution in [0.15, 0.2) is 41.0 Å². The summed E-state index contributed by atoms with van der Waals surface area (Å²) in [6.07, 6.45) is 2.71. The quantitative estimate of drug-likeness (QED) is 0.478. The van der Waals surface area contributed by atoms with Crippen LogP contribution in [0.1, 0.15) is 35.3 Å². The van der Waals surface area contributed by atoms with Gasteiger partial charge in [0.25, 0.3) is 17.4 Å². The first-order chi connectivity index (χ1) is 17.1. The molecule has 3 heterocycles. The predicted molar refractivity (Wildman–Crippen MR) is 128 cm³/mol. The number of hydrogen-bond donors (Lipinski definition) is 3. The summed E-state index contributed by atoms with van der Waals surface area (Å²) in [7, 11) is 1.31. The fourth-order valence-corrected chi connectivity index (χ4v) is 3.66. The van der Waals surface area contributed by atoms with Gasteiger partial charge in [-0.05, 0) is 31.5 Å². The number of rotatable bonds is 6. The number of aromatic hydroxyl groups is 1. The molecule has 0 unspecified atom stereocenters. The molecule has 0 saturated heterocycles. The molecule has 0 spiro atoms. The second-order valence-corrected chi connectivity index (χ2v) is 8.86. The highest BCUT2D eigenvalue weighted by Gasteiger charge is 2.30. The number of amides is 2. The van der Waals surface area contributed by atoms with Crippen LogP contribution >= 0.6 is 0 Å². The number of benzene rings is 1. The molecule has 0 atom stereocenters. The van der Waals surface area contributed by atoms with E-state index >= 15 is 0 Å². The van der Waals surface area contributed by atoms with Gasteiger partial charge in [0.2, 0.25) is 5.76 Å². The molecule has 184 valence electrons. The Labute approximate surface area is 204 Å². The van der Waals surface area contributed by atoms with Crippen LogP contribution < -0.4 is 20.9 Å². The van der Waals surface area contributed by atoms with Crippen molar-refractivity contribution in [2.75, 3.05) is 13.6 Å². The maximum Gasteiger partial charge on any atom is 0.288 e. The minimum Gasteiger partial charge on any atom is -0.505 e. The van der Waals surface area contributed by atoms with E-state index in [0.29, 0.717) is 11.1 Å². The summed E-state index contributed by atoms with van der Waals surface area (Å²) in [5.74, 6) is -2.74. The second kappa shape index (κ2) is 9.14. The van der Waals surface area contributed by atoms with E-state index in [2.05, 4.69) is 21.7 Å². The Balaban J connectivity index is 1.89. The van der Waals surface area contributed by atoms with Gasteiger partial charge in [-0.2, -0.15) is 5.26 Å². The zero-order valence-electron chi connectivity index (χ0n) is 19.7. The van der Waals surface area contributed by atoms with Crippen LogP contribution in [0.4, 0.5) is 4.39 Å². The van der Waals surface area contributed by atoms with E-state index in [-0.39, 0.29) is 35.5 Å². The van der Waals surface area contributed by atoms with Gasteiger partial charge >= 0.3 is 0 Å². The van der Waals surface area contributed by atoms with Gasteiger partial charge in [-0.1, -0.05) is 12.1 Å². The van der Waals surface area contributed by atoms with Crippen molar-refractivity contribution in [3.05, 3.63) is 69.1 Å². The first-order valence-electron chi connectivity index (χ1n) is 10.9. The van der Waals surface area contributed by atoms with Crippen molar-refractivity contribution >= 4 is 29.0 Å². The summed E-state index contributed by atoms with van der Waals surface area (Å²) in [6, 6.07) is 7.81. The van der Waals surface area contributed by atoms with Gasteiger partial charge in [-0.15, -0.1) is 0 Å². The second-order valence-electron chi connectivity index (χ2n) is 8.86. The zero-order valence-corrected chi connectivity index (χ0v) is 19.7. The number of ether oxygens (including phenoxy) is 1. The summed E-state index contributed by atoms with van der Waals surface area (Å²) in [6.45, 7) is 3.31. The Bertz CT molecular complexity index is 1530. The average Bonchev–Trinajstić information content (AvgIpc) is 2.87. The van der Waals surface area contributed by atoms with E-state index in [1.165, 1.54) is 25.4 Å². The molecule has 3 aromatic rings. The summed E-state index contributed by atoms with van der Waals surface area (Å²) in [4.78, 5) is 42.8. The van der Waals surface area contributed by atoms with E-state index in [1.54, 1.807) is 26.0 Å². The Hall–Kier alpha value is -4.72. The van der Waals surface area contributed by atoms with E-state index in [1.807, 2.05) is 0 Å². The van der Waals surface area contributed by atoms with Crippen LogP contribution in [-0.2, 0) is 11.2 Å². The number of nitriles is 1. The summed E-state index contributed by atoms with van der Waals surface area (Å²) in [5.41, 5.74) is -1.13. The van der Waals surface area contributed by atoms with Crippen LogP contribution in [0.3, 0.4) is 0 Å². The summed E-state index contributed by atoms with van der Waals surface area (Å²) < 4.78 is 20.3. The highest BCUT2D eigenvalue weighted by molar-refractivity contribution is 6.04. The molecule has 1 aromatic carbocycles. The number of hydrogen-bond acceptors (Lipinski definition) is 7. The highest BCUT2D eigenvalue weighted by Crippen LogP contribution is 2.38. The molecule has 0 bridgehead atoms. The van der Waals surface area contributed by atoms with Gasteiger partial charge in [-0.25, -0.2) is 4.39 Å². The lowest BCUT2D eigenvalue weighted by molar-refractivity contribution is -0.119. The topological polar surface area (TPSA) is 146 Å². The average molecular weight is 491 g/mol. The number of pyridine rings is 2. The van der Waals surface area contributed by atoms with Crippen molar-refractivity contribution in [2.45, 2.75) is 20.3 Å². The normalized spacial score (nSPS) is 12.4. The molecule has 3 N–H and O–H groups in total. The van der Waals surface area contributed by atoms with Gasteiger partial charge in [0.15, 0.2) is 11.5 Å². The molecule has 0 radical (unpaired) electrons. The third kappa shape index (κ3) is 4.36. The Morgan fingerprint density at radius 2 is 1.94 bits per heavy atom. The van der Waals surface area contributed by atoms with E-state index in [0.717, 1.165) is 10.8 Å². The van der Waals surface area contributed by atoms with Crippen molar-refractivity contribution in [1.82, 2.24) is 20.2 Å². The molecule has 11 heteroatoms. The smallest absolute Gasteiger partial charge is 0.288 e. The molecule has 4 rings (SSSR count). The standard InChI is InChI=1S/C25H22FN5O5/c1-25(2,11-27)12-30-22(33)16-10-31-19-18(20(32)17(24(31)35)23(34)28-3)29-9-14(21(19)36-16)8-13-4-6-15(26)7-5-13/h4-7,9-10,32H,8,12H2,1-3H3,(H,28,34)(H,30,33). The molecule has 2 amide bonds. The van der Waals surface area contributed by atoms with E-state index in [4.69, 9.17) is 4.74 Å². The minimum atomic E-state index is -0.882. The maximum absolute atomic E-state index is 13.4. The molecule has 1 aliphatic rings. The number of carbonyl (C=O) groups excluding carboxylic acids is 2. The monoisotopic (exact) mass is 491 g/mol. The van der Waals surface area contributed by atoms with Gasteiger partial charge < -0.3 is 20.5 Å².